The van der Waals surface area contributed by atoms with Crippen LogP contribution >= 0.6 is 0 Å². The van der Waals surface area contributed by atoms with Gasteiger partial charge in [0.1, 0.15) is 6.04 Å². The van der Waals surface area contributed by atoms with Gasteiger partial charge in [0.25, 0.3) is 0 Å². The van der Waals surface area contributed by atoms with Crippen molar-refractivity contribution in [3.8, 4) is 0 Å². The fourth-order valence-corrected chi connectivity index (χ4v) is 2.95. The smallest absolute Gasteiger partial charge is 0.405 e. The Balaban J connectivity index is 2.30. The van der Waals surface area contributed by atoms with Crippen molar-refractivity contribution < 1.29 is 19.8 Å². The minimum atomic E-state index is -1.23. The molecule has 0 saturated carbocycles. The van der Waals surface area contributed by atoms with Crippen LogP contribution in [0.3, 0.4) is 0 Å². The number of carbonyl (C=O) groups excluding carboxylic acids is 1. The van der Waals surface area contributed by atoms with E-state index in [0.29, 0.717) is 13.0 Å². The number of benzene rings is 1. The van der Waals surface area contributed by atoms with Crippen molar-refractivity contribution in [3.05, 3.63) is 35.4 Å². The molecule has 1 aliphatic rings. The number of carbonyl (C=O) groups is 2. The van der Waals surface area contributed by atoms with Crippen LogP contribution in [0.1, 0.15) is 31.9 Å². The Kier molecular flexibility index (Phi) is 4.94. The molecule has 6 heteroatoms. The second-order valence-electron chi connectivity index (χ2n) is 7.02. The highest BCUT2D eigenvalue weighted by atomic mass is 16.4. The average Bonchev–Trinajstić information content (AvgIpc) is 2.49. The zero-order valence-corrected chi connectivity index (χ0v) is 13.7. The Morgan fingerprint density at radius 3 is 2.43 bits per heavy atom. The predicted octanol–water partition coefficient (Wildman–Crippen LogP) is 1.61. The van der Waals surface area contributed by atoms with E-state index < -0.39 is 17.6 Å². The highest BCUT2D eigenvalue weighted by Gasteiger charge is 2.39. The zero-order chi connectivity index (χ0) is 17.2. The summed E-state index contributed by atoms with van der Waals surface area (Å²) < 4.78 is 0. The first-order valence-corrected chi connectivity index (χ1v) is 7.71. The van der Waals surface area contributed by atoms with Crippen LogP contribution in [0.5, 0.6) is 0 Å². The lowest BCUT2D eigenvalue weighted by molar-refractivity contribution is -0.140. The number of hydrogen-bond donors (Lipinski definition) is 3. The van der Waals surface area contributed by atoms with Crippen molar-refractivity contribution in [2.24, 2.45) is 5.41 Å². The van der Waals surface area contributed by atoms with E-state index in [1.807, 2.05) is 45.0 Å². The maximum Gasteiger partial charge on any atom is 0.405 e. The monoisotopic (exact) mass is 320 g/mol. The summed E-state index contributed by atoms with van der Waals surface area (Å²) in [6.07, 6.45) is -0.654. The first-order valence-electron chi connectivity index (χ1n) is 7.71. The molecule has 1 aromatic carbocycles. The largest absolute Gasteiger partial charge is 0.465 e. The molecule has 0 aromatic heterocycles. The second-order valence-corrected chi connectivity index (χ2v) is 7.02. The predicted molar refractivity (Wildman–Crippen MR) is 86.0 cm³/mol. The molecule has 6 nitrogen and oxygen atoms in total. The Morgan fingerprint density at radius 1 is 1.30 bits per heavy atom. The molecular weight excluding hydrogens is 296 g/mol. The standard InChI is InChI=1S/C17H24N2O4/c1-17(2,3)14(18-16(22)23)15(21)19-9-12-7-5-4-6-11(12)8-13(19)10-20/h4-7,13-14,18,20H,8-10H2,1-3H3,(H,22,23). The lowest BCUT2D eigenvalue weighted by atomic mass is 9.84. The van der Waals surface area contributed by atoms with Crippen LogP contribution in [0.2, 0.25) is 0 Å². The Morgan fingerprint density at radius 2 is 1.91 bits per heavy atom. The van der Waals surface area contributed by atoms with Crippen molar-refractivity contribution in [2.45, 2.75) is 45.8 Å². The topological polar surface area (TPSA) is 89.9 Å². The molecule has 2 atom stereocenters. The number of carboxylic acid groups (broad SMARTS) is 1. The Labute approximate surface area is 136 Å². The Hall–Kier alpha value is -2.08. The maximum atomic E-state index is 12.9. The number of aliphatic hydroxyl groups excluding tert-OH is 1. The van der Waals surface area contributed by atoms with Crippen LogP contribution in [0, 0.1) is 5.41 Å². The van der Waals surface area contributed by atoms with E-state index >= 15 is 0 Å². The molecule has 1 aliphatic heterocycles. The normalized spacial score (nSPS) is 19.0. The summed E-state index contributed by atoms with van der Waals surface area (Å²) in [4.78, 5) is 25.6. The Bertz CT molecular complexity index is 595. The molecule has 2 rings (SSSR count). The summed E-state index contributed by atoms with van der Waals surface area (Å²) in [6, 6.07) is 6.61. The fourth-order valence-electron chi connectivity index (χ4n) is 2.95. The molecule has 0 radical (unpaired) electrons. The SMILES string of the molecule is CC(C)(C)C(NC(=O)O)C(=O)N1Cc2ccccc2CC1CO. The fraction of sp³-hybridized carbons (Fsp3) is 0.529. The lowest BCUT2D eigenvalue weighted by Gasteiger charge is -2.40. The van der Waals surface area contributed by atoms with Crippen LogP contribution in [0.4, 0.5) is 4.79 Å². The summed E-state index contributed by atoms with van der Waals surface area (Å²) in [7, 11) is 0. The number of aliphatic hydroxyl groups is 1. The first-order chi connectivity index (χ1) is 10.7. The number of rotatable bonds is 3. The van der Waals surface area contributed by atoms with E-state index in [9.17, 15) is 14.7 Å². The summed E-state index contributed by atoms with van der Waals surface area (Å²) in [5.74, 6) is -0.298. The van der Waals surface area contributed by atoms with E-state index in [4.69, 9.17) is 5.11 Å². The maximum absolute atomic E-state index is 12.9. The molecule has 126 valence electrons. The van der Waals surface area contributed by atoms with Crippen LogP contribution < -0.4 is 5.32 Å². The van der Waals surface area contributed by atoms with Crippen molar-refractivity contribution in [1.29, 1.82) is 0 Å². The van der Waals surface area contributed by atoms with Gasteiger partial charge >= 0.3 is 6.09 Å². The third kappa shape index (κ3) is 3.82. The van der Waals surface area contributed by atoms with Gasteiger partial charge in [0.15, 0.2) is 0 Å². The van der Waals surface area contributed by atoms with Crippen LogP contribution in [-0.2, 0) is 17.8 Å². The molecule has 2 unspecified atom stereocenters. The molecule has 3 N–H and O–H groups in total. The van der Waals surface area contributed by atoms with Crippen LogP contribution in [0.15, 0.2) is 24.3 Å². The van der Waals surface area contributed by atoms with Gasteiger partial charge in [-0.2, -0.15) is 0 Å². The van der Waals surface area contributed by atoms with Gasteiger partial charge in [-0.1, -0.05) is 45.0 Å². The van der Waals surface area contributed by atoms with Crippen molar-refractivity contribution >= 4 is 12.0 Å². The third-order valence-electron chi connectivity index (χ3n) is 4.23. The third-order valence-corrected chi connectivity index (χ3v) is 4.23. The quantitative estimate of drug-likeness (QED) is 0.789. The molecule has 0 saturated heterocycles. The van der Waals surface area contributed by atoms with Crippen molar-refractivity contribution in [1.82, 2.24) is 10.2 Å². The molecule has 1 heterocycles. The number of hydrogen-bond acceptors (Lipinski definition) is 3. The van der Waals surface area contributed by atoms with Gasteiger partial charge in [-0.3, -0.25) is 4.79 Å². The highest BCUT2D eigenvalue weighted by Crippen LogP contribution is 2.27. The molecule has 0 bridgehead atoms. The van der Waals surface area contributed by atoms with Gasteiger partial charge in [-0.05, 0) is 23.0 Å². The minimum Gasteiger partial charge on any atom is -0.465 e. The zero-order valence-electron chi connectivity index (χ0n) is 13.7. The van der Waals surface area contributed by atoms with E-state index in [0.717, 1.165) is 11.1 Å². The van der Waals surface area contributed by atoms with Gasteiger partial charge in [0.2, 0.25) is 5.91 Å². The van der Waals surface area contributed by atoms with Gasteiger partial charge in [0.05, 0.1) is 12.6 Å². The van der Waals surface area contributed by atoms with Crippen LogP contribution in [-0.4, -0.2) is 45.8 Å². The van der Waals surface area contributed by atoms with Gasteiger partial charge in [-0.25, -0.2) is 4.79 Å². The first kappa shape index (κ1) is 17.3. The molecule has 0 aliphatic carbocycles. The molecule has 2 amide bonds. The van der Waals surface area contributed by atoms with Crippen molar-refractivity contribution in [3.63, 3.8) is 0 Å². The van der Waals surface area contributed by atoms with Crippen molar-refractivity contribution in [2.75, 3.05) is 6.61 Å². The number of nitrogens with one attached hydrogen (secondary N) is 1. The number of amides is 2. The van der Waals surface area contributed by atoms with Gasteiger partial charge < -0.3 is 20.4 Å². The molecular formula is C17H24N2O4. The summed E-state index contributed by atoms with van der Waals surface area (Å²) in [5.41, 5.74) is 1.59. The van der Waals surface area contributed by atoms with E-state index in [-0.39, 0.29) is 18.6 Å². The molecule has 0 fully saturated rings. The number of fused-ring (bicyclic) bond motifs is 1. The molecule has 1 aromatic rings. The van der Waals surface area contributed by atoms with Gasteiger partial charge in [-0.15, -0.1) is 0 Å². The summed E-state index contributed by atoms with van der Waals surface area (Å²) in [5, 5.41) is 21.0. The second kappa shape index (κ2) is 6.58. The van der Waals surface area contributed by atoms with E-state index in [2.05, 4.69) is 5.32 Å². The van der Waals surface area contributed by atoms with E-state index in [1.165, 1.54) is 0 Å². The summed E-state index contributed by atoms with van der Waals surface area (Å²) >= 11 is 0. The highest BCUT2D eigenvalue weighted by molar-refractivity contribution is 5.86. The van der Waals surface area contributed by atoms with Gasteiger partial charge in [0, 0.05) is 6.54 Å². The number of nitrogens with zero attached hydrogens (tertiary/aromatic N) is 1. The minimum absolute atomic E-state index is 0.149. The average molecular weight is 320 g/mol. The lowest BCUT2D eigenvalue weighted by Crippen LogP contribution is -2.58. The summed E-state index contributed by atoms with van der Waals surface area (Å²) in [6.45, 7) is 5.68. The van der Waals surface area contributed by atoms with E-state index in [1.54, 1.807) is 4.90 Å². The van der Waals surface area contributed by atoms with Crippen LogP contribution in [0.25, 0.3) is 0 Å². The molecule has 23 heavy (non-hydrogen) atoms. The molecule has 0 spiro atoms.